The smallest absolute Gasteiger partial charge is 0.416 e. The van der Waals surface area contributed by atoms with Gasteiger partial charge in [-0.15, -0.1) is 11.3 Å². The summed E-state index contributed by atoms with van der Waals surface area (Å²) >= 11 is 1.36. The van der Waals surface area contributed by atoms with Crippen LogP contribution in [0.25, 0.3) is 10.6 Å². The highest BCUT2D eigenvalue weighted by atomic mass is 32.1. The Balaban J connectivity index is 1.25. The molecule has 0 fully saturated rings. The number of nitrogens with one attached hydrogen (secondary N) is 1. The van der Waals surface area contributed by atoms with Crippen LogP contribution in [-0.4, -0.2) is 39.4 Å². The standard InChI is InChI=1S/C40H38F3N3O5S/c1-2-3-4-5-27-6-8-28(9-7-27)22-44-37(49)30-12-14-31(15-13-30)38-45-34(26-52-38)24-46(23-29-10-20-35(21-11-29)51-25-36(47)48)39(50)32-16-18-33(19-17-32)40(41,42)43/h6-21,26H,2-5,22-25H2,1H3,(H,44,49)(H,47,48). The normalized spacial score (nSPS) is 11.2. The van der Waals surface area contributed by atoms with Crippen LogP contribution in [0.15, 0.2) is 102 Å². The average molecular weight is 730 g/mol. The van der Waals surface area contributed by atoms with Crippen molar-refractivity contribution >= 4 is 29.1 Å². The second-order valence-electron chi connectivity index (χ2n) is 12.2. The minimum Gasteiger partial charge on any atom is -0.482 e. The number of aromatic nitrogens is 1. The van der Waals surface area contributed by atoms with Gasteiger partial charge >= 0.3 is 12.1 Å². The average Bonchev–Trinajstić information content (AvgIpc) is 3.62. The van der Waals surface area contributed by atoms with E-state index in [1.54, 1.807) is 41.8 Å². The Kier molecular flexibility index (Phi) is 12.8. The van der Waals surface area contributed by atoms with Gasteiger partial charge < -0.3 is 20.1 Å². The molecule has 0 unspecified atom stereocenters. The lowest BCUT2D eigenvalue weighted by atomic mass is 10.1. The van der Waals surface area contributed by atoms with Gasteiger partial charge in [0.2, 0.25) is 0 Å². The zero-order chi connectivity index (χ0) is 37.1. The lowest BCUT2D eigenvalue weighted by Crippen LogP contribution is -2.30. The number of carbonyl (C=O) groups excluding carboxylic acids is 2. The van der Waals surface area contributed by atoms with Crippen LogP contribution in [0.3, 0.4) is 0 Å². The number of halogens is 3. The summed E-state index contributed by atoms with van der Waals surface area (Å²) in [6, 6.07) is 25.9. The minimum atomic E-state index is -4.54. The highest BCUT2D eigenvalue weighted by Gasteiger charge is 2.30. The Hall–Kier alpha value is -5.49. The fourth-order valence-electron chi connectivity index (χ4n) is 5.40. The van der Waals surface area contributed by atoms with E-state index < -0.39 is 30.2 Å². The molecule has 2 N–H and O–H groups in total. The van der Waals surface area contributed by atoms with E-state index in [2.05, 4.69) is 24.4 Å². The number of aryl methyl sites for hydroxylation is 1. The number of aliphatic carboxylic acids is 1. The Morgan fingerprint density at radius 2 is 1.44 bits per heavy atom. The van der Waals surface area contributed by atoms with Crippen molar-refractivity contribution in [2.24, 2.45) is 0 Å². The molecule has 0 aliphatic rings. The first kappa shape index (κ1) is 37.8. The number of amides is 2. The monoisotopic (exact) mass is 729 g/mol. The van der Waals surface area contributed by atoms with E-state index in [4.69, 9.17) is 14.8 Å². The van der Waals surface area contributed by atoms with Crippen molar-refractivity contribution in [3.8, 4) is 16.3 Å². The van der Waals surface area contributed by atoms with Crippen molar-refractivity contribution in [3.63, 3.8) is 0 Å². The number of rotatable bonds is 16. The molecular weight excluding hydrogens is 692 g/mol. The van der Waals surface area contributed by atoms with Crippen LogP contribution in [0.1, 0.15) is 74.8 Å². The molecule has 0 aliphatic carbocycles. The largest absolute Gasteiger partial charge is 0.482 e. The van der Waals surface area contributed by atoms with Gasteiger partial charge in [-0.1, -0.05) is 68.3 Å². The SMILES string of the molecule is CCCCCc1ccc(CNC(=O)c2ccc(-c3nc(CN(Cc4ccc(OCC(=O)O)cc4)C(=O)c4ccc(C(F)(F)F)cc4)cs3)cc2)cc1. The van der Waals surface area contributed by atoms with E-state index in [9.17, 15) is 27.6 Å². The number of carboxylic acids is 1. The van der Waals surface area contributed by atoms with Crippen LogP contribution in [0.5, 0.6) is 5.75 Å². The van der Waals surface area contributed by atoms with Gasteiger partial charge in [-0.2, -0.15) is 13.2 Å². The Morgan fingerprint density at radius 3 is 2.08 bits per heavy atom. The highest BCUT2D eigenvalue weighted by molar-refractivity contribution is 7.13. The Bertz CT molecular complexity index is 1940. The second kappa shape index (κ2) is 17.6. The number of hydrogen-bond acceptors (Lipinski definition) is 6. The quantitative estimate of drug-likeness (QED) is 0.0984. The third-order valence-electron chi connectivity index (χ3n) is 8.25. The van der Waals surface area contributed by atoms with Gasteiger partial charge in [0.05, 0.1) is 17.8 Å². The van der Waals surface area contributed by atoms with Gasteiger partial charge in [0.1, 0.15) is 10.8 Å². The van der Waals surface area contributed by atoms with Gasteiger partial charge in [0, 0.05) is 35.2 Å². The van der Waals surface area contributed by atoms with Crippen molar-refractivity contribution < 1.29 is 37.4 Å². The molecule has 0 saturated carbocycles. The third-order valence-corrected chi connectivity index (χ3v) is 9.19. The van der Waals surface area contributed by atoms with E-state index in [0.29, 0.717) is 34.1 Å². The van der Waals surface area contributed by atoms with Crippen molar-refractivity contribution in [2.75, 3.05) is 6.61 Å². The fraction of sp³-hybridized carbons (Fsp3) is 0.250. The summed E-state index contributed by atoms with van der Waals surface area (Å²) in [6.45, 7) is 2.25. The predicted molar refractivity (Wildman–Crippen MR) is 193 cm³/mol. The number of nitrogens with zero attached hydrogens (tertiary/aromatic N) is 2. The van der Waals surface area contributed by atoms with Crippen LogP contribution in [0.4, 0.5) is 13.2 Å². The van der Waals surface area contributed by atoms with Gasteiger partial charge in [-0.25, -0.2) is 9.78 Å². The van der Waals surface area contributed by atoms with Crippen molar-refractivity contribution in [2.45, 2.75) is 58.4 Å². The molecule has 12 heteroatoms. The van der Waals surface area contributed by atoms with Crippen LogP contribution in [0.2, 0.25) is 0 Å². The zero-order valence-corrected chi connectivity index (χ0v) is 29.3. The first-order valence-electron chi connectivity index (χ1n) is 16.8. The summed E-state index contributed by atoms with van der Waals surface area (Å²) in [6.07, 6.45) is 0.0745. The number of benzene rings is 4. The number of unbranched alkanes of at least 4 members (excludes halogenated alkanes) is 2. The molecule has 0 spiro atoms. The maximum atomic E-state index is 13.6. The first-order chi connectivity index (χ1) is 25.0. The molecule has 5 rings (SSSR count). The Labute approximate surface area is 303 Å². The summed E-state index contributed by atoms with van der Waals surface area (Å²) in [5.41, 5.74) is 4.08. The van der Waals surface area contributed by atoms with Gasteiger partial charge in [-0.05, 0) is 78.1 Å². The fourth-order valence-corrected chi connectivity index (χ4v) is 6.22. The molecule has 0 aliphatic heterocycles. The number of carboxylic acid groups (broad SMARTS) is 1. The van der Waals surface area contributed by atoms with Crippen LogP contribution in [0, 0.1) is 0 Å². The number of carbonyl (C=O) groups is 3. The lowest BCUT2D eigenvalue weighted by molar-refractivity contribution is -0.139. The Morgan fingerprint density at radius 1 is 0.808 bits per heavy atom. The minimum absolute atomic E-state index is 0.0633. The van der Waals surface area contributed by atoms with Crippen molar-refractivity contribution in [3.05, 3.63) is 142 Å². The van der Waals surface area contributed by atoms with Crippen LogP contribution < -0.4 is 10.1 Å². The molecule has 0 bridgehead atoms. The first-order valence-corrected chi connectivity index (χ1v) is 17.7. The summed E-state index contributed by atoms with van der Waals surface area (Å²) in [5.74, 6) is -1.47. The van der Waals surface area contributed by atoms with E-state index in [0.717, 1.165) is 41.8 Å². The van der Waals surface area contributed by atoms with Gasteiger partial charge in [0.25, 0.3) is 11.8 Å². The molecular formula is C40H38F3N3O5S. The van der Waals surface area contributed by atoms with Crippen LogP contribution >= 0.6 is 11.3 Å². The molecule has 4 aromatic carbocycles. The van der Waals surface area contributed by atoms with Crippen molar-refractivity contribution in [1.82, 2.24) is 15.2 Å². The predicted octanol–water partition coefficient (Wildman–Crippen LogP) is 8.80. The molecule has 0 atom stereocenters. The molecule has 52 heavy (non-hydrogen) atoms. The molecule has 1 heterocycles. The maximum Gasteiger partial charge on any atom is 0.416 e. The van der Waals surface area contributed by atoms with E-state index in [1.807, 2.05) is 24.3 Å². The molecule has 0 saturated heterocycles. The molecule has 270 valence electrons. The molecule has 2 amide bonds. The van der Waals surface area contributed by atoms with Gasteiger partial charge in [-0.3, -0.25) is 9.59 Å². The number of thiazole rings is 1. The van der Waals surface area contributed by atoms with Crippen molar-refractivity contribution in [1.29, 1.82) is 0 Å². The number of ether oxygens (including phenoxy) is 1. The number of alkyl halides is 3. The summed E-state index contributed by atoms with van der Waals surface area (Å²) in [5, 5.41) is 14.3. The number of hydrogen-bond donors (Lipinski definition) is 2. The molecule has 8 nitrogen and oxygen atoms in total. The summed E-state index contributed by atoms with van der Waals surface area (Å²) < 4.78 is 44.7. The van der Waals surface area contributed by atoms with Gasteiger partial charge in [0.15, 0.2) is 6.61 Å². The van der Waals surface area contributed by atoms with Crippen LogP contribution in [-0.2, 0) is 37.0 Å². The lowest BCUT2D eigenvalue weighted by Gasteiger charge is -2.22. The topological polar surface area (TPSA) is 109 Å². The molecule has 5 aromatic rings. The molecule has 1 aromatic heterocycles. The highest BCUT2D eigenvalue weighted by Crippen LogP contribution is 2.30. The summed E-state index contributed by atoms with van der Waals surface area (Å²) in [4.78, 5) is 43.5. The second-order valence-corrected chi connectivity index (χ2v) is 13.1. The maximum absolute atomic E-state index is 13.6. The van der Waals surface area contributed by atoms with E-state index >= 15 is 0 Å². The third kappa shape index (κ3) is 10.8. The summed E-state index contributed by atoms with van der Waals surface area (Å²) in [7, 11) is 0. The van der Waals surface area contributed by atoms with E-state index in [-0.39, 0.29) is 24.6 Å². The molecule has 0 radical (unpaired) electrons. The zero-order valence-electron chi connectivity index (χ0n) is 28.5. The van der Waals surface area contributed by atoms with E-state index in [1.165, 1.54) is 41.1 Å².